The minimum atomic E-state index is -4.42. The van der Waals surface area contributed by atoms with E-state index in [0.29, 0.717) is 35.6 Å². The number of halogens is 3. The van der Waals surface area contributed by atoms with Crippen LogP contribution in [0.3, 0.4) is 0 Å². The van der Waals surface area contributed by atoms with E-state index in [1.54, 1.807) is 25.7 Å². The van der Waals surface area contributed by atoms with Crippen LogP contribution in [-0.2, 0) is 10.9 Å². The SMILES string of the molecule is CC(C)(C)OC(=O)N1C[C@@H](CO)[C@H](Nc2nnc(-c3ccc(C(F)(F)F)cc3)c3ccccc23)C1. The Morgan fingerprint density at radius 1 is 1.06 bits per heavy atom. The van der Waals surface area contributed by atoms with Crippen LogP contribution in [0.25, 0.3) is 22.0 Å². The minimum absolute atomic E-state index is 0.133. The quantitative estimate of drug-likeness (QED) is 0.540. The van der Waals surface area contributed by atoms with Gasteiger partial charge in [0.2, 0.25) is 0 Å². The van der Waals surface area contributed by atoms with Crippen LogP contribution in [0.15, 0.2) is 48.5 Å². The van der Waals surface area contributed by atoms with Crippen LogP contribution in [0.2, 0.25) is 0 Å². The third kappa shape index (κ3) is 5.48. The summed E-state index contributed by atoms with van der Waals surface area (Å²) in [7, 11) is 0. The molecule has 0 aliphatic carbocycles. The Balaban J connectivity index is 1.61. The van der Waals surface area contributed by atoms with E-state index in [9.17, 15) is 23.1 Å². The number of rotatable bonds is 4. The normalized spacial score (nSPS) is 18.7. The number of alkyl halides is 3. The number of amides is 1. The first kappa shape index (κ1) is 24.7. The molecule has 0 saturated carbocycles. The summed E-state index contributed by atoms with van der Waals surface area (Å²) in [5, 5.41) is 23.3. The molecule has 1 aliphatic rings. The highest BCUT2D eigenvalue weighted by Gasteiger charge is 2.37. The van der Waals surface area contributed by atoms with Gasteiger partial charge in [-0.2, -0.15) is 13.2 Å². The third-order valence-corrected chi connectivity index (χ3v) is 5.82. The predicted molar refractivity (Wildman–Crippen MR) is 126 cm³/mol. The highest BCUT2D eigenvalue weighted by molar-refractivity contribution is 6.00. The van der Waals surface area contributed by atoms with Gasteiger partial charge in [-0.25, -0.2) is 4.79 Å². The van der Waals surface area contributed by atoms with Crippen LogP contribution in [-0.4, -0.2) is 57.6 Å². The van der Waals surface area contributed by atoms with Gasteiger partial charge in [-0.15, -0.1) is 10.2 Å². The number of aliphatic hydroxyl groups excluding tert-OH is 1. The number of nitrogens with one attached hydrogen (secondary N) is 1. The van der Waals surface area contributed by atoms with Crippen molar-refractivity contribution in [1.29, 1.82) is 0 Å². The van der Waals surface area contributed by atoms with E-state index in [2.05, 4.69) is 15.5 Å². The minimum Gasteiger partial charge on any atom is -0.444 e. The maximum Gasteiger partial charge on any atom is 0.416 e. The molecule has 0 spiro atoms. The van der Waals surface area contributed by atoms with E-state index in [1.807, 2.05) is 24.3 Å². The largest absolute Gasteiger partial charge is 0.444 e. The van der Waals surface area contributed by atoms with Crippen molar-refractivity contribution < 1.29 is 27.8 Å². The smallest absolute Gasteiger partial charge is 0.416 e. The summed E-state index contributed by atoms with van der Waals surface area (Å²) >= 11 is 0. The van der Waals surface area contributed by atoms with Gasteiger partial charge >= 0.3 is 12.3 Å². The number of benzene rings is 2. The number of hydrogen-bond acceptors (Lipinski definition) is 6. The van der Waals surface area contributed by atoms with Crippen molar-refractivity contribution in [2.75, 3.05) is 25.0 Å². The molecule has 1 aliphatic heterocycles. The summed E-state index contributed by atoms with van der Waals surface area (Å²) in [6, 6.07) is 11.8. The number of anilines is 1. The second-order valence-corrected chi connectivity index (χ2v) is 9.60. The fourth-order valence-corrected chi connectivity index (χ4v) is 4.11. The van der Waals surface area contributed by atoms with Crippen molar-refractivity contribution in [2.24, 2.45) is 5.92 Å². The van der Waals surface area contributed by atoms with E-state index in [-0.39, 0.29) is 18.6 Å². The summed E-state index contributed by atoms with van der Waals surface area (Å²) < 4.78 is 44.3. The molecule has 0 radical (unpaired) electrons. The lowest BCUT2D eigenvalue weighted by atomic mass is 10.0. The molecule has 3 aromatic rings. The molecule has 1 aromatic heterocycles. The lowest BCUT2D eigenvalue weighted by molar-refractivity contribution is -0.137. The number of likely N-dealkylation sites (tertiary alicyclic amines) is 1. The van der Waals surface area contributed by atoms with Crippen molar-refractivity contribution >= 4 is 22.7 Å². The molecular weight excluding hydrogens is 461 g/mol. The van der Waals surface area contributed by atoms with E-state index in [1.165, 1.54) is 12.1 Å². The molecule has 35 heavy (non-hydrogen) atoms. The topological polar surface area (TPSA) is 87.6 Å². The van der Waals surface area contributed by atoms with Gasteiger partial charge in [0.05, 0.1) is 11.6 Å². The fourth-order valence-electron chi connectivity index (χ4n) is 4.11. The van der Waals surface area contributed by atoms with Gasteiger partial charge in [0.1, 0.15) is 11.3 Å². The van der Waals surface area contributed by atoms with Gasteiger partial charge in [0.25, 0.3) is 0 Å². The van der Waals surface area contributed by atoms with Crippen LogP contribution in [0.5, 0.6) is 0 Å². The molecule has 1 amide bonds. The summed E-state index contributed by atoms with van der Waals surface area (Å²) in [5.41, 5.74) is -0.394. The summed E-state index contributed by atoms with van der Waals surface area (Å²) in [6.45, 7) is 5.89. The maximum absolute atomic E-state index is 13.0. The predicted octanol–water partition coefficient (Wildman–Crippen LogP) is 4.96. The third-order valence-electron chi connectivity index (χ3n) is 5.82. The monoisotopic (exact) mass is 488 g/mol. The Kier molecular flexibility index (Phi) is 6.59. The second kappa shape index (κ2) is 9.33. The average Bonchev–Trinajstić information content (AvgIpc) is 3.21. The Labute approximate surface area is 200 Å². The first-order chi connectivity index (χ1) is 16.5. The van der Waals surface area contributed by atoms with E-state index in [0.717, 1.165) is 17.5 Å². The maximum atomic E-state index is 13.0. The molecule has 2 heterocycles. The molecule has 0 bridgehead atoms. The molecular formula is C25H27F3N4O3. The number of carbonyl (C=O) groups excluding carboxylic acids is 1. The van der Waals surface area contributed by atoms with Crippen molar-refractivity contribution in [3.05, 3.63) is 54.1 Å². The number of aliphatic hydroxyl groups is 1. The summed E-state index contributed by atoms with van der Waals surface area (Å²) in [5.74, 6) is 0.225. The first-order valence-corrected chi connectivity index (χ1v) is 11.2. The van der Waals surface area contributed by atoms with Gasteiger partial charge in [-0.3, -0.25) is 0 Å². The van der Waals surface area contributed by atoms with Crippen LogP contribution in [0, 0.1) is 5.92 Å². The number of ether oxygens (including phenoxy) is 1. The molecule has 7 nitrogen and oxygen atoms in total. The average molecular weight is 489 g/mol. The summed E-state index contributed by atoms with van der Waals surface area (Å²) in [4.78, 5) is 14.1. The van der Waals surface area contributed by atoms with Crippen LogP contribution >= 0.6 is 0 Å². The Morgan fingerprint density at radius 2 is 1.71 bits per heavy atom. The number of fused-ring (bicyclic) bond motifs is 1. The van der Waals surface area contributed by atoms with Crippen molar-refractivity contribution in [3.8, 4) is 11.3 Å². The molecule has 2 aromatic carbocycles. The summed E-state index contributed by atoms with van der Waals surface area (Å²) in [6.07, 6.45) is -4.87. The van der Waals surface area contributed by atoms with Crippen LogP contribution < -0.4 is 5.32 Å². The molecule has 186 valence electrons. The highest BCUT2D eigenvalue weighted by atomic mass is 19.4. The Morgan fingerprint density at radius 3 is 2.31 bits per heavy atom. The number of hydrogen-bond donors (Lipinski definition) is 2. The van der Waals surface area contributed by atoms with Crippen molar-refractivity contribution in [3.63, 3.8) is 0 Å². The lowest BCUT2D eigenvalue weighted by Crippen LogP contribution is -2.36. The molecule has 4 rings (SSSR count). The van der Waals surface area contributed by atoms with Gasteiger partial charge in [0, 0.05) is 42.0 Å². The number of aromatic nitrogens is 2. The van der Waals surface area contributed by atoms with E-state index in [4.69, 9.17) is 4.74 Å². The second-order valence-electron chi connectivity index (χ2n) is 9.60. The van der Waals surface area contributed by atoms with Crippen molar-refractivity contribution in [2.45, 2.75) is 38.6 Å². The van der Waals surface area contributed by atoms with Gasteiger partial charge in [0.15, 0.2) is 5.82 Å². The Bertz CT molecular complexity index is 1210. The lowest BCUT2D eigenvalue weighted by Gasteiger charge is -2.24. The van der Waals surface area contributed by atoms with Crippen LogP contribution in [0.1, 0.15) is 26.3 Å². The zero-order chi connectivity index (χ0) is 25.4. The molecule has 0 unspecified atom stereocenters. The molecule has 1 fully saturated rings. The van der Waals surface area contributed by atoms with Gasteiger partial charge in [-0.1, -0.05) is 36.4 Å². The van der Waals surface area contributed by atoms with Crippen molar-refractivity contribution in [1.82, 2.24) is 15.1 Å². The molecule has 2 atom stereocenters. The Hall–Kier alpha value is -3.40. The zero-order valence-corrected chi connectivity index (χ0v) is 19.6. The zero-order valence-electron chi connectivity index (χ0n) is 19.6. The van der Waals surface area contributed by atoms with E-state index < -0.39 is 23.4 Å². The first-order valence-electron chi connectivity index (χ1n) is 11.2. The standard InChI is InChI=1S/C25H27F3N4O3/c1-24(2,3)35-23(34)32-12-16(14-33)20(13-32)29-22-19-7-5-4-6-18(19)21(30-31-22)15-8-10-17(11-9-15)25(26,27)28/h4-11,16,20,33H,12-14H2,1-3H3,(H,29,31)/t16-,20+/m0/s1. The number of nitrogens with zero attached hydrogens (tertiary/aromatic N) is 3. The van der Waals surface area contributed by atoms with Crippen LogP contribution in [0.4, 0.5) is 23.8 Å². The van der Waals surface area contributed by atoms with Gasteiger partial charge in [-0.05, 0) is 32.9 Å². The molecule has 1 saturated heterocycles. The van der Waals surface area contributed by atoms with Gasteiger partial charge < -0.3 is 20.1 Å². The van der Waals surface area contributed by atoms with E-state index >= 15 is 0 Å². The highest BCUT2D eigenvalue weighted by Crippen LogP contribution is 2.34. The molecule has 10 heteroatoms. The number of carbonyl (C=O) groups is 1. The molecule has 2 N–H and O–H groups in total. The fraction of sp³-hybridized carbons (Fsp3) is 0.400.